The number of nitrogens with one attached hydrogen (secondary N) is 1. The number of benzene rings is 1. The first-order valence-corrected chi connectivity index (χ1v) is 9.43. The normalized spacial score (nSPS) is 14.3. The fourth-order valence-corrected chi connectivity index (χ4v) is 3.44. The smallest absolute Gasteiger partial charge is 0.109 e. The molecule has 0 fully saturated rings. The van der Waals surface area contributed by atoms with Crippen molar-refractivity contribution in [2.45, 2.75) is 60.0 Å². The van der Waals surface area contributed by atoms with Gasteiger partial charge >= 0.3 is 0 Å². The van der Waals surface area contributed by atoms with Crippen molar-refractivity contribution in [3.05, 3.63) is 65.0 Å². The molecule has 27 heavy (non-hydrogen) atoms. The summed E-state index contributed by atoms with van der Waals surface area (Å²) >= 11 is 0. The number of aliphatic hydroxyl groups is 1. The molecule has 5 nitrogen and oxygen atoms in total. The van der Waals surface area contributed by atoms with Gasteiger partial charge in [-0.3, -0.25) is 0 Å². The minimum Gasteiger partial charge on any atom is -0.385 e. The van der Waals surface area contributed by atoms with Gasteiger partial charge in [0.05, 0.1) is 17.0 Å². The van der Waals surface area contributed by atoms with Gasteiger partial charge in [-0.15, -0.1) is 0 Å². The van der Waals surface area contributed by atoms with Crippen LogP contribution in [0.2, 0.25) is 0 Å². The van der Waals surface area contributed by atoms with Crippen molar-refractivity contribution < 1.29 is 5.11 Å². The van der Waals surface area contributed by atoms with Gasteiger partial charge in [0.2, 0.25) is 0 Å². The van der Waals surface area contributed by atoms with E-state index in [1.54, 1.807) is 0 Å². The summed E-state index contributed by atoms with van der Waals surface area (Å²) in [7, 11) is 0. The number of rotatable bonds is 5. The van der Waals surface area contributed by atoms with E-state index in [1.807, 2.05) is 55.9 Å². The Bertz CT molecular complexity index is 911. The van der Waals surface area contributed by atoms with Crippen LogP contribution in [0.5, 0.6) is 0 Å². The molecular formula is C22H30N4O. The molecule has 0 amide bonds. The number of aromatic nitrogens is 4. The lowest BCUT2D eigenvalue weighted by molar-refractivity contribution is 0.0556. The number of aromatic amines is 1. The molecule has 144 valence electrons. The third-order valence-corrected chi connectivity index (χ3v) is 4.66. The highest BCUT2D eigenvalue weighted by molar-refractivity contribution is 5.38. The Labute approximate surface area is 161 Å². The highest BCUT2D eigenvalue weighted by atomic mass is 16.3. The van der Waals surface area contributed by atoms with Crippen LogP contribution in [0.4, 0.5) is 0 Å². The Balaban J connectivity index is 1.76. The number of imidazole rings is 1. The molecule has 3 rings (SSSR count). The maximum atomic E-state index is 11.0. The van der Waals surface area contributed by atoms with Crippen LogP contribution in [0.1, 0.15) is 56.2 Å². The van der Waals surface area contributed by atoms with Crippen LogP contribution in [-0.4, -0.2) is 24.9 Å². The third kappa shape index (κ3) is 4.66. The lowest BCUT2D eigenvalue weighted by Gasteiger charge is -2.23. The summed E-state index contributed by atoms with van der Waals surface area (Å²) in [4.78, 5) is 7.82. The van der Waals surface area contributed by atoms with Crippen LogP contribution < -0.4 is 0 Å². The van der Waals surface area contributed by atoms with Gasteiger partial charge in [0.25, 0.3) is 0 Å². The van der Waals surface area contributed by atoms with Gasteiger partial charge in [-0.2, -0.15) is 5.10 Å². The monoisotopic (exact) mass is 366 g/mol. The Kier molecular flexibility index (Phi) is 5.00. The summed E-state index contributed by atoms with van der Waals surface area (Å²) in [6, 6.07) is 9.97. The highest BCUT2D eigenvalue weighted by Crippen LogP contribution is 2.26. The average Bonchev–Trinajstić information content (AvgIpc) is 3.11. The second kappa shape index (κ2) is 6.97. The molecule has 0 radical (unpaired) electrons. The summed E-state index contributed by atoms with van der Waals surface area (Å²) in [5.41, 5.74) is 4.25. The zero-order valence-electron chi connectivity index (χ0n) is 17.2. The zero-order valence-corrected chi connectivity index (χ0v) is 17.2. The van der Waals surface area contributed by atoms with Gasteiger partial charge in [0.1, 0.15) is 5.82 Å². The van der Waals surface area contributed by atoms with Gasteiger partial charge in [-0.05, 0) is 56.4 Å². The van der Waals surface area contributed by atoms with Gasteiger partial charge in [0.15, 0.2) is 0 Å². The molecule has 2 heterocycles. The molecule has 5 heteroatoms. The van der Waals surface area contributed by atoms with E-state index in [1.165, 1.54) is 0 Å². The molecule has 1 aromatic carbocycles. The van der Waals surface area contributed by atoms with Gasteiger partial charge < -0.3 is 10.1 Å². The second-order valence-electron chi connectivity index (χ2n) is 8.93. The minimum atomic E-state index is -0.996. The van der Waals surface area contributed by atoms with Crippen molar-refractivity contribution in [2.75, 3.05) is 0 Å². The number of H-pyrrole nitrogens is 1. The zero-order chi connectivity index (χ0) is 19.8. The third-order valence-electron chi connectivity index (χ3n) is 4.66. The molecule has 0 saturated carbocycles. The molecule has 0 aliphatic rings. The number of hydrogen-bond donors (Lipinski definition) is 2. The van der Waals surface area contributed by atoms with Crippen LogP contribution in [0.15, 0.2) is 36.5 Å². The van der Waals surface area contributed by atoms with E-state index >= 15 is 0 Å². The van der Waals surface area contributed by atoms with Crippen molar-refractivity contribution in [3.8, 4) is 5.69 Å². The van der Waals surface area contributed by atoms with Crippen molar-refractivity contribution in [1.82, 2.24) is 19.7 Å². The molecule has 1 atom stereocenters. The Morgan fingerprint density at radius 2 is 1.70 bits per heavy atom. The molecule has 3 aromatic rings. The lowest BCUT2D eigenvalue weighted by Crippen LogP contribution is -2.25. The topological polar surface area (TPSA) is 66.7 Å². The predicted octanol–water partition coefficient (Wildman–Crippen LogP) is 4.25. The van der Waals surface area contributed by atoms with E-state index in [9.17, 15) is 5.11 Å². The van der Waals surface area contributed by atoms with Gasteiger partial charge in [0, 0.05) is 24.0 Å². The number of aryl methyl sites for hydroxylation is 2. The second-order valence-corrected chi connectivity index (χ2v) is 8.93. The molecule has 1 unspecified atom stereocenters. The SMILES string of the molecule is Cc1cc(C)n(-c2ccc(C(C)(O)Cc3ncc(CC(C)(C)C)[nH]3)cc2)n1. The Morgan fingerprint density at radius 3 is 2.26 bits per heavy atom. The maximum Gasteiger partial charge on any atom is 0.109 e. The fraction of sp³-hybridized carbons (Fsp3) is 0.455. The quantitative estimate of drug-likeness (QED) is 0.709. The molecule has 2 aromatic heterocycles. The van der Waals surface area contributed by atoms with E-state index in [0.717, 1.165) is 40.6 Å². The van der Waals surface area contributed by atoms with Crippen molar-refractivity contribution in [3.63, 3.8) is 0 Å². The maximum absolute atomic E-state index is 11.0. The van der Waals surface area contributed by atoms with E-state index in [2.05, 4.69) is 41.9 Å². The first-order valence-electron chi connectivity index (χ1n) is 9.43. The van der Waals surface area contributed by atoms with E-state index in [-0.39, 0.29) is 5.41 Å². The van der Waals surface area contributed by atoms with Gasteiger partial charge in [-0.1, -0.05) is 32.9 Å². The minimum absolute atomic E-state index is 0.200. The number of nitrogens with zero attached hydrogens (tertiary/aromatic N) is 3. The summed E-state index contributed by atoms with van der Waals surface area (Å²) < 4.78 is 1.92. The Morgan fingerprint density at radius 1 is 1.04 bits per heavy atom. The predicted molar refractivity (Wildman–Crippen MR) is 108 cm³/mol. The van der Waals surface area contributed by atoms with E-state index in [0.29, 0.717) is 6.42 Å². The molecule has 0 aliphatic heterocycles. The standard InChI is InChI=1S/C22H30N4O/c1-15-11-16(2)26(25-15)19-9-7-17(8-10-19)22(6,27)13-20-23-14-18(24-20)12-21(3,4)5/h7-11,14,27H,12-13H2,1-6H3,(H,23,24). The van der Waals surface area contributed by atoms with E-state index < -0.39 is 5.60 Å². The Hall–Kier alpha value is -2.40. The lowest BCUT2D eigenvalue weighted by atomic mass is 9.91. The first kappa shape index (κ1) is 19.4. The summed E-state index contributed by atoms with van der Waals surface area (Å²) in [6.45, 7) is 12.5. The molecule has 0 saturated heterocycles. The number of hydrogen-bond acceptors (Lipinski definition) is 3. The van der Waals surface area contributed by atoms with Crippen LogP contribution in [0.3, 0.4) is 0 Å². The van der Waals surface area contributed by atoms with Crippen molar-refractivity contribution >= 4 is 0 Å². The summed E-state index contributed by atoms with van der Waals surface area (Å²) in [5.74, 6) is 0.807. The molecule has 0 spiro atoms. The molecule has 0 aliphatic carbocycles. The molecular weight excluding hydrogens is 336 g/mol. The van der Waals surface area contributed by atoms with Crippen LogP contribution >= 0.6 is 0 Å². The van der Waals surface area contributed by atoms with Crippen molar-refractivity contribution in [1.29, 1.82) is 0 Å². The first-order chi connectivity index (χ1) is 12.5. The molecule has 0 bridgehead atoms. The van der Waals surface area contributed by atoms with Crippen LogP contribution in [0, 0.1) is 19.3 Å². The largest absolute Gasteiger partial charge is 0.385 e. The highest BCUT2D eigenvalue weighted by Gasteiger charge is 2.25. The van der Waals surface area contributed by atoms with Crippen LogP contribution in [0.25, 0.3) is 5.69 Å². The molecule has 2 N–H and O–H groups in total. The summed E-state index contributed by atoms with van der Waals surface area (Å²) in [6.07, 6.45) is 3.25. The summed E-state index contributed by atoms with van der Waals surface area (Å²) in [5, 5.41) is 15.5. The van der Waals surface area contributed by atoms with Crippen LogP contribution in [-0.2, 0) is 18.4 Å². The fourth-order valence-electron chi connectivity index (χ4n) is 3.44. The average molecular weight is 367 g/mol. The van der Waals surface area contributed by atoms with Crippen molar-refractivity contribution in [2.24, 2.45) is 5.41 Å². The van der Waals surface area contributed by atoms with Gasteiger partial charge in [-0.25, -0.2) is 9.67 Å². The van der Waals surface area contributed by atoms with E-state index in [4.69, 9.17) is 0 Å².